The lowest BCUT2D eigenvalue weighted by molar-refractivity contribution is -0.113. The maximum Gasteiger partial charge on any atom is 0.261 e. The normalized spacial score (nSPS) is 14.4. The first kappa shape index (κ1) is 21.3. The average molecular weight is 381 g/mol. The summed E-state index contributed by atoms with van der Waals surface area (Å²) in [5.41, 5.74) is 0. The minimum absolute atomic E-state index is 0.0875. The summed E-state index contributed by atoms with van der Waals surface area (Å²) in [6.07, 6.45) is 4.34. The van der Waals surface area contributed by atoms with Gasteiger partial charge < -0.3 is 9.22 Å². The van der Waals surface area contributed by atoms with E-state index in [1.54, 1.807) is 0 Å². The van der Waals surface area contributed by atoms with Gasteiger partial charge in [-0.25, -0.2) is 0 Å². The molecule has 2 aromatic rings. The molecule has 3 heteroatoms. The molecule has 0 aliphatic heterocycles. The topological polar surface area (TPSA) is 26.3 Å². The molecule has 0 aliphatic carbocycles. The van der Waals surface area contributed by atoms with E-state index in [0.717, 1.165) is 19.1 Å². The van der Waals surface area contributed by atoms with Crippen LogP contribution in [0.4, 0.5) is 0 Å². The first-order valence-corrected chi connectivity index (χ1v) is 11.6. The van der Waals surface area contributed by atoms with Crippen molar-refractivity contribution < 1.29 is 9.22 Å². The van der Waals surface area contributed by atoms with Crippen LogP contribution in [0.5, 0.6) is 0 Å². The summed E-state index contributed by atoms with van der Waals surface area (Å²) in [5.74, 6) is -0.135. The van der Waals surface area contributed by atoms with E-state index in [1.807, 2.05) is 25.1 Å². The highest BCUT2D eigenvalue weighted by Gasteiger charge is 2.51. The summed E-state index contributed by atoms with van der Waals surface area (Å²) in [6.45, 7) is 12.6. The number of carbonyl (C=O) groups excluding carboxylic acids is 1. The molecule has 2 rings (SSSR count). The van der Waals surface area contributed by atoms with E-state index >= 15 is 0 Å². The SMILES string of the molecule is C=CCC[C@@H](C=O)[C@H](C)O[Si](c1ccccc1)(c1ccccc1)C(C)(C)C. The molecule has 2 nitrogen and oxygen atoms in total. The van der Waals surface area contributed by atoms with Gasteiger partial charge in [0.2, 0.25) is 0 Å². The summed E-state index contributed by atoms with van der Waals surface area (Å²) in [6, 6.07) is 21.1. The molecule has 0 fully saturated rings. The Balaban J connectivity index is 2.58. The average Bonchev–Trinajstić information content (AvgIpc) is 2.67. The van der Waals surface area contributed by atoms with Gasteiger partial charge in [0, 0.05) is 5.92 Å². The minimum Gasteiger partial charge on any atom is -0.404 e. The van der Waals surface area contributed by atoms with Crippen LogP contribution in [0.25, 0.3) is 0 Å². The highest BCUT2D eigenvalue weighted by Crippen LogP contribution is 2.38. The Labute approximate surface area is 165 Å². The molecule has 0 amide bonds. The lowest BCUT2D eigenvalue weighted by Gasteiger charge is -2.45. The largest absolute Gasteiger partial charge is 0.404 e. The number of hydrogen-bond acceptors (Lipinski definition) is 2. The van der Waals surface area contributed by atoms with E-state index < -0.39 is 8.32 Å². The Kier molecular flexibility index (Phi) is 7.34. The Bertz CT molecular complexity index is 680. The summed E-state index contributed by atoms with van der Waals surface area (Å²) in [5, 5.41) is 2.39. The molecular weight excluding hydrogens is 348 g/mol. The molecule has 2 aromatic carbocycles. The fourth-order valence-corrected chi connectivity index (χ4v) is 8.53. The third-order valence-electron chi connectivity index (χ3n) is 5.26. The van der Waals surface area contributed by atoms with Crippen LogP contribution in [-0.2, 0) is 9.22 Å². The second-order valence-corrected chi connectivity index (χ2v) is 12.4. The first-order chi connectivity index (χ1) is 12.9. The van der Waals surface area contributed by atoms with Crippen molar-refractivity contribution >= 4 is 25.0 Å². The molecule has 0 aromatic heterocycles. The van der Waals surface area contributed by atoms with Crippen molar-refractivity contribution in [2.45, 2.75) is 51.7 Å². The molecule has 0 bridgehead atoms. The summed E-state index contributed by atoms with van der Waals surface area (Å²) >= 11 is 0. The number of benzene rings is 2. The van der Waals surface area contributed by atoms with Gasteiger partial charge in [-0.1, -0.05) is 87.5 Å². The maximum atomic E-state index is 11.8. The maximum absolute atomic E-state index is 11.8. The predicted molar refractivity (Wildman–Crippen MR) is 117 cm³/mol. The van der Waals surface area contributed by atoms with Crippen LogP contribution < -0.4 is 10.4 Å². The lowest BCUT2D eigenvalue weighted by atomic mass is 10.00. The highest BCUT2D eigenvalue weighted by atomic mass is 28.4. The molecule has 0 heterocycles. The van der Waals surface area contributed by atoms with Gasteiger partial charge >= 0.3 is 0 Å². The van der Waals surface area contributed by atoms with Crippen LogP contribution in [0.2, 0.25) is 5.04 Å². The zero-order valence-corrected chi connectivity index (χ0v) is 18.0. The number of aldehydes is 1. The van der Waals surface area contributed by atoms with Crippen molar-refractivity contribution in [3.8, 4) is 0 Å². The molecule has 0 saturated heterocycles. The Morgan fingerprint density at radius 1 is 1.00 bits per heavy atom. The molecule has 0 saturated carbocycles. The van der Waals surface area contributed by atoms with Gasteiger partial charge in [-0.2, -0.15) is 0 Å². The van der Waals surface area contributed by atoms with Gasteiger partial charge in [0.1, 0.15) is 6.29 Å². The highest BCUT2D eigenvalue weighted by molar-refractivity contribution is 6.99. The second-order valence-electron chi connectivity index (χ2n) is 8.15. The van der Waals surface area contributed by atoms with Gasteiger partial charge in [0.05, 0.1) is 6.10 Å². The molecule has 144 valence electrons. The summed E-state index contributed by atoms with van der Waals surface area (Å²) in [7, 11) is -2.62. The monoisotopic (exact) mass is 380 g/mol. The quantitative estimate of drug-likeness (QED) is 0.357. The molecule has 2 atom stereocenters. The van der Waals surface area contributed by atoms with Gasteiger partial charge in [-0.05, 0) is 35.2 Å². The van der Waals surface area contributed by atoms with Gasteiger partial charge in [-0.3, -0.25) is 0 Å². The van der Waals surface area contributed by atoms with Crippen molar-refractivity contribution in [3.63, 3.8) is 0 Å². The first-order valence-electron chi connectivity index (χ1n) is 9.72. The van der Waals surface area contributed by atoms with Crippen LogP contribution in [0.15, 0.2) is 73.3 Å². The van der Waals surface area contributed by atoms with E-state index in [1.165, 1.54) is 10.4 Å². The van der Waals surface area contributed by atoms with Crippen LogP contribution in [-0.4, -0.2) is 20.7 Å². The molecule has 27 heavy (non-hydrogen) atoms. The number of rotatable bonds is 9. The third kappa shape index (κ3) is 4.66. The van der Waals surface area contributed by atoms with Gasteiger partial charge in [0.15, 0.2) is 0 Å². The van der Waals surface area contributed by atoms with Crippen molar-refractivity contribution in [1.82, 2.24) is 0 Å². The van der Waals surface area contributed by atoms with Crippen LogP contribution >= 0.6 is 0 Å². The van der Waals surface area contributed by atoms with Crippen molar-refractivity contribution in [3.05, 3.63) is 73.3 Å². The van der Waals surface area contributed by atoms with Crippen molar-refractivity contribution in [2.24, 2.45) is 5.92 Å². The third-order valence-corrected chi connectivity index (χ3v) is 10.4. The Morgan fingerprint density at radius 2 is 1.48 bits per heavy atom. The lowest BCUT2D eigenvalue weighted by Crippen LogP contribution is -2.68. The Hall–Kier alpha value is -1.97. The van der Waals surface area contributed by atoms with E-state index in [2.05, 4.69) is 75.9 Å². The molecular formula is C24H32O2Si. The van der Waals surface area contributed by atoms with Gasteiger partial charge in [0.25, 0.3) is 8.32 Å². The smallest absolute Gasteiger partial charge is 0.261 e. The minimum atomic E-state index is -2.62. The van der Waals surface area contributed by atoms with E-state index in [0.29, 0.717) is 0 Å². The van der Waals surface area contributed by atoms with E-state index in [9.17, 15) is 4.79 Å². The molecule has 0 N–H and O–H groups in total. The van der Waals surface area contributed by atoms with E-state index in [4.69, 9.17) is 4.43 Å². The van der Waals surface area contributed by atoms with E-state index in [-0.39, 0.29) is 17.1 Å². The predicted octanol–water partition coefficient (Wildman–Crippen LogP) is 4.73. The number of carbonyl (C=O) groups is 1. The molecule has 0 unspecified atom stereocenters. The van der Waals surface area contributed by atoms with Crippen molar-refractivity contribution in [2.75, 3.05) is 0 Å². The van der Waals surface area contributed by atoms with Crippen LogP contribution in [0.1, 0.15) is 40.5 Å². The summed E-state index contributed by atoms with van der Waals surface area (Å²) < 4.78 is 7.00. The van der Waals surface area contributed by atoms with Gasteiger partial charge in [-0.15, -0.1) is 6.58 Å². The van der Waals surface area contributed by atoms with Crippen LogP contribution in [0.3, 0.4) is 0 Å². The Morgan fingerprint density at radius 3 is 1.85 bits per heavy atom. The second kappa shape index (κ2) is 9.29. The number of hydrogen-bond donors (Lipinski definition) is 0. The zero-order chi connectivity index (χ0) is 19.9. The summed E-state index contributed by atoms with van der Waals surface area (Å²) in [4.78, 5) is 11.8. The zero-order valence-electron chi connectivity index (χ0n) is 17.0. The van der Waals surface area contributed by atoms with Crippen molar-refractivity contribution in [1.29, 1.82) is 0 Å². The molecule has 0 aliphatic rings. The van der Waals surface area contributed by atoms with Crippen LogP contribution in [0, 0.1) is 5.92 Å². The standard InChI is InChI=1S/C24H32O2Si/c1-6-7-14-21(19-25)20(2)26-27(24(3,4)5,22-15-10-8-11-16-22)23-17-12-9-13-18-23/h6,8-13,15-21H,1,7,14H2,2-5H3/t20-,21-/m0/s1. The fourth-order valence-electron chi connectivity index (χ4n) is 3.78. The fraction of sp³-hybridized carbons (Fsp3) is 0.375. The number of allylic oxidation sites excluding steroid dienone is 1. The molecule has 0 radical (unpaired) electrons. The molecule has 0 spiro atoms.